The maximum atomic E-state index is 6.04. The SMILES string of the molecule is CC1(n2c(N)nc3cnccc32)CCCOC1. The number of ether oxygens (including phenoxy) is 1. The molecule has 1 saturated heterocycles. The maximum absolute atomic E-state index is 6.04. The highest BCUT2D eigenvalue weighted by molar-refractivity contribution is 5.77. The molecule has 3 rings (SSSR count). The van der Waals surface area contributed by atoms with E-state index < -0.39 is 0 Å². The number of rotatable bonds is 1. The molecular formula is C12H16N4O. The van der Waals surface area contributed by atoms with Crippen molar-refractivity contribution in [2.24, 2.45) is 0 Å². The summed E-state index contributed by atoms with van der Waals surface area (Å²) in [7, 11) is 0. The Morgan fingerprint density at radius 3 is 3.18 bits per heavy atom. The van der Waals surface area contributed by atoms with Crippen molar-refractivity contribution in [3.8, 4) is 0 Å². The van der Waals surface area contributed by atoms with Gasteiger partial charge in [0.1, 0.15) is 5.52 Å². The van der Waals surface area contributed by atoms with Crippen LogP contribution in [-0.4, -0.2) is 27.7 Å². The monoisotopic (exact) mass is 232 g/mol. The number of nitrogens with two attached hydrogens (primary N) is 1. The van der Waals surface area contributed by atoms with Crippen LogP contribution in [0.3, 0.4) is 0 Å². The van der Waals surface area contributed by atoms with Crippen LogP contribution in [0, 0.1) is 0 Å². The summed E-state index contributed by atoms with van der Waals surface area (Å²) in [6.45, 7) is 3.69. The van der Waals surface area contributed by atoms with Crippen molar-refractivity contribution in [3.05, 3.63) is 18.5 Å². The van der Waals surface area contributed by atoms with Crippen LogP contribution >= 0.6 is 0 Å². The van der Waals surface area contributed by atoms with Gasteiger partial charge in [-0.3, -0.25) is 4.98 Å². The summed E-state index contributed by atoms with van der Waals surface area (Å²) in [5.74, 6) is 0.543. The molecule has 0 aliphatic carbocycles. The third kappa shape index (κ3) is 1.58. The molecule has 90 valence electrons. The lowest BCUT2D eigenvalue weighted by atomic mass is 9.94. The highest BCUT2D eigenvalue weighted by Crippen LogP contribution is 2.32. The third-order valence-electron chi connectivity index (χ3n) is 3.44. The van der Waals surface area contributed by atoms with E-state index in [0.717, 1.165) is 30.5 Å². The van der Waals surface area contributed by atoms with Gasteiger partial charge in [0.25, 0.3) is 0 Å². The molecule has 2 aromatic heterocycles. The van der Waals surface area contributed by atoms with Crippen molar-refractivity contribution in [2.75, 3.05) is 18.9 Å². The maximum Gasteiger partial charge on any atom is 0.201 e. The van der Waals surface area contributed by atoms with Gasteiger partial charge in [0.2, 0.25) is 5.95 Å². The summed E-state index contributed by atoms with van der Waals surface area (Å²) in [4.78, 5) is 8.43. The number of anilines is 1. The van der Waals surface area contributed by atoms with Crippen molar-refractivity contribution in [3.63, 3.8) is 0 Å². The Morgan fingerprint density at radius 2 is 2.41 bits per heavy atom. The molecule has 0 aromatic carbocycles. The number of imidazole rings is 1. The Morgan fingerprint density at radius 1 is 1.53 bits per heavy atom. The molecule has 0 bridgehead atoms. The molecule has 0 saturated carbocycles. The van der Waals surface area contributed by atoms with Crippen LogP contribution in [0.15, 0.2) is 18.5 Å². The van der Waals surface area contributed by atoms with Gasteiger partial charge in [-0.2, -0.15) is 0 Å². The van der Waals surface area contributed by atoms with Gasteiger partial charge in [-0.25, -0.2) is 4.98 Å². The van der Waals surface area contributed by atoms with E-state index in [1.807, 2.05) is 6.07 Å². The molecular weight excluding hydrogens is 216 g/mol. The number of nitrogens with zero attached hydrogens (tertiary/aromatic N) is 3. The van der Waals surface area contributed by atoms with Crippen LogP contribution in [0.25, 0.3) is 11.0 Å². The van der Waals surface area contributed by atoms with Crippen molar-refractivity contribution >= 4 is 17.0 Å². The predicted octanol–water partition coefficient (Wildman–Crippen LogP) is 1.54. The number of aromatic nitrogens is 3. The lowest BCUT2D eigenvalue weighted by Gasteiger charge is -2.35. The van der Waals surface area contributed by atoms with E-state index in [1.165, 1.54) is 0 Å². The van der Waals surface area contributed by atoms with Gasteiger partial charge < -0.3 is 15.0 Å². The van der Waals surface area contributed by atoms with E-state index in [2.05, 4.69) is 21.5 Å². The minimum Gasteiger partial charge on any atom is -0.379 e. The molecule has 2 N–H and O–H groups in total. The molecule has 1 aliphatic rings. The first-order chi connectivity index (χ1) is 8.21. The Balaban J connectivity index is 2.18. The second-order valence-corrected chi connectivity index (χ2v) is 4.82. The van der Waals surface area contributed by atoms with Crippen LogP contribution in [0.5, 0.6) is 0 Å². The normalized spacial score (nSPS) is 25.2. The summed E-state index contributed by atoms with van der Waals surface area (Å²) >= 11 is 0. The summed E-state index contributed by atoms with van der Waals surface area (Å²) in [5, 5.41) is 0. The summed E-state index contributed by atoms with van der Waals surface area (Å²) < 4.78 is 7.68. The fourth-order valence-corrected chi connectivity index (χ4v) is 2.61. The summed E-state index contributed by atoms with van der Waals surface area (Å²) in [5.41, 5.74) is 7.82. The molecule has 1 atom stereocenters. The quantitative estimate of drug-likeness (QED) is 0.810. The molecule has 1 aliphatic heterocycles. The Bertz CT molecular complexity index is 542. The van der Waals surface area contributed by atoms with Gasteiger partial charge in [-0.15, -0.1) is 0 Å². The van der Waals surface area contributed by atoms with Gasteiger partial charge in [0, 0.05) is 12.8 Å². The van der Waals surface area contributed by atoms with Gasteiger partial charge in [0.05, 0.1) is 23.9 Å². The number of nitrogen functional groups attached to an aromatic ring is 1. The topological polar surface area (TPSA) is 66.0 Å². The molecule has 1 unspecified atom stereocenters. The van der Waals surface area contributed by atoms with Gasteiger partial charge in [0.15, 0.2) is 0 Å². The molecule has 0 amide bonds. The fraction of sp³-hybridized carbons (Fsp3) is 0.500. The Labute approximate surface area is 99.6 Å². The molecule has 2 aromatic rings. The summed E-state index contributed by atoms with van der Waals surface area (Å²) in [6, 6.07) is 1.96. The van der Waals surface area contributed by atoms with E-state index in [4.69, 9.17) is 10.5 Å². The van der Waals surface area contributed by atoms with Crippen molar-refractivity contribution < 1.29 is 4.74 Å². The van der Waals surface area contributed by atoms with Gasteiger partial charge >= 0.3 is 0 Å². The molecule has 17 heavy (non-hydrogen) atoms. The predicted molar refractivity (Wildman–Crippen MR) is 65.6 cm³/mol. The van der Waals surface area contributed by atoms with Crippen LogP contribution in [-0.2, 0) is 10.3 Å². The zero-order valence-electron chi connectivity index (χ0n) is 9.89. The first-order valence-corrected chi connectivity index (χ1v) is 5.87. The molecule has 0 spiro atoms. The van der Waals surface area contributed by atoms with E-state index in [-0.39, 0.29) is 5.54 Å². The van der Waals surface area contributed by atoms with Crippen LogP contribution in [0.2, 0.25) is 0 Å². The van der Waals surface area contributed by atoms with E-state index in [0.29, 0.717) is 12.6 Å². The van der Waals surface area contributed by atoms with E-state index in [9.17, 15) is 0 Å². The molecule has 0 radical (unpaired) electrons. The first kappa shape index (κ1) is 10.5. The minimum absolute atomic E-state index is 0.0988. The number of pyridine rings is 1. The van der Waals surface area contributed by atoms with Crippen LogP contribution < -0.4 is 5.73 Å². The third-order valence-corrected chi connectivity index (χ3v) is 3.44. The lowest BCUT2D eigenvalue weighted by molar-refractivity contribution is 0.0124. The fourth-order valence-electron chi connectivity index (χ4n) is 2.61. The second-order valence-electron chi connectivity index (χ2n) is 4.82. The van der Waals surface area contributed by atoms with E-state index >= 15 is 0 Å². The van der Waals surface area contributed by atoms with Crippen molar-refractivity contribution in [1.82, 2.24) is 14.5 Å². The highest BCUT2D eigenvalue weighted by atomic mass is 16.5. The molecule has 1 fully saturated rings. The van der Waals surface area contributed by atoms with Crippen LogP contribution in [0.1, 0.15) is 19.8 Å². The average Bonchev–Trinajstić information content (AvgIpc) is 2.66. The average molecular weight is 232 g/mol. The van der Waals surface area contributed by atoms with Crippen molar-refractivity contribution in [1.29, 1.82) is 0 Å². The summed E-state index contributed by atoms with van der Waals surface area (Å²) in [6.07, 6.45) is 5.63. The van der Waals surface area contributed by atoms with E-state index in [1.54, 1.807) is 12.4 Å². The molecule has 5 heteroatoms. The van der Waals surface area contributed by atoms with Crippen molar-refractivity contribution in [2.45, 2.75) is 25.3 Å². The zero-order chi connectivity index (χ0) is 11.9. The number of fused-ring (bicyclic) bond motifs is 1. The Kier molecular flexibility index (Phi) is 2.29. The lowest BCUT2D eigenvalue weighted by Crippen LogP contribution is -2.39. The minimum atomic E-state index is -0.0988. The molecule has 5 nitrogen and oxygen atoms in total. The highest BCUT2D eigenvalue weighted by Gasteiger charge is 2.32. The van der Waals surface area contributed by atoms with Gasteiger partial charge in [-0.05, 0) is 25.8 Å². The second kappa shape index (κ2) is 3.70. The Hall–Kier alpha value is -1.62. The zero-order valence-corrected chi connectivity index (χ0v) is 9.89. The standard InChI is InChI=1S/C12H16N4O/c1-12(4-2-6-17-8-12)16-10-3-5-14-7-9(10)15-11(16)13/h3,5,7H,2,4,6,8H2,1H3,(H2,13,15). The van der Waals surface area contributed by atoms with Gasteiger partial charge in [-0.1, -0.05) is 0 Å². The number of hydrogen-bond acceptors (Lipinski definition) is 4. The first-order valence-electron chi connectivity index (χ1n) is 5.87. The number of hydrogen-bond donors (Lipinski definition) is 1. The van der Waals surface area contributed by atoms with Crippen LogP contribution in [0.4, 0.5) is 5.95 Å². The largest absolute Gasteiger partial charge is 0.379 e. The smallest absolute Gasteiger partial charge is 0.201 e. The molecule has 3 heterocycles.